The predicted molar refractivity (Wildman–Crippen MR) is 197 cm³/mol. The Morgan fingerprint density at radius 3 is 2.43 bits per heavy atom. The van der Waals surface area contributed by atoms with Crippen LogP contribution in [0.25, 0.3) is 5.57 Å². The largest absolute Gasteiger partial charge is 0.484 e. The molecule has 1 aromatic rings. The maximum absolute atomic E-state index is 6.74. The van der Waals surface area contributed by atoms with Gasteiger partial charge in [-0.05, 0) is 59.4 Å². The van der Waals surface area contributed by atoms with Crippen LogP contribution in [0.15, 0.2) is 161 Å². The lowest BCUT2D eigenvalue weighted by atomic mass is 9.67. The van der Waals surface area contributed by atoms with Crippen molar-refractivity contribution in [2.75, 3.05) is 0 Å². The fraction of sp³-hybridized carbons (Fsp3) is 0.273. The zero-order valence-corrected chi connectivity index (χ0v) is 28.2. The Bertz CT molecular complexity index is 2010. The van der Waals surface area contributed by atoms with Crippen molar-refractivity contribution in [3.05, 3.63) is 173 Å². The summed E-state index contributed by atoms with van der Waals surface area (Å²) in [7, 11) is -1.90. The molecule has 0 radical (unpaired) electrons. The van der Waals surface area contributed by atoms with Gasteiger partial charge in [-0.3, -0.25) is 0 Å². The zero-order chi connectivity index (χ0) is 31.3. The molecule has 2 aliphatic heterocycles. The van der Waals surface area contributed by atoms with Gasteiger partial charge in [-0.15, -0.1) is 0 Å². The van der Waals surface area contributed by atoms with E-state index in [0.29, 0.717) is 29.6 Å². The van der Waals surface area contributed by atoms with E-state index in [4.69, 9.17) is 4.74 Å². The van der Waals surface area contributed by atoms with Gasteiger partial charge in [-0.25, -0.2) is 0 Å². The Hall–Kier alpha value is -4.34. The lowest BCUT2D eigenvalue weighted by Gasteiger charge is -2.45. The molecule has 0 amide bonds. The topological polar surface area (TPSA) is 12.5 Å². The summed E-state index contributed by atoms with van der Waals surface area (Å²) in [6, 6.07) is 5.10. The van der Waals surface area contributed by atoms with Crippen molar-refractivity contribution in [2.45, 2.75) is 50.4 Å². The maximum atomic E-state index is 6.74. The molecule has 7 unspecified atom stereocenters. The molecule has 10 rings (SSSR count). The molecule has 2 nitrogen and oxygen atoms in total. The van der Waals surface area contributed by atoms with Crippen LogP contribution in [-0.2, 0) is 0 Å². The number of hydrogen-bond donors (Lipinski definition) is 0. The van der Waals surface area contributed by atoms with Crippen molar-refractivity contribution in [1.29, 1.82) is 0 Å². The van der Waals surface area contributed by atoms with E-state index in [9.17, 15) is 0 Å². The van der Waals surface area contributed by atoms with Crippen LogP contribution in [0.4, 0.5) is 0 Å². The third kappa shape index (κ3) is 4.02. The van der Waals surface area contributed by atoms with Crippen molar-refractivity contribution in [1.82, 2.24) is 4.90 Å². The van der Waals surface area contributed by atoms with E-state index in [0.717, 1.165) is 25.0 Å². The van der Waals surface area contributed by atoms with Crippen molar-refractivity contribution in [2.24, 2.45) is 23.7 Å². The lowest BCUT2D eigenvalue weighted by molar-refractivity contribution is 0.268. The van der Waals surface area contributed by atoms with Crippen LogP contribution in [-0.4, -0.2) is 25.1 Å². The van der Waals surface area contributed by atoms with E-state index < -0.39 is 8.07 Å². The molecule has 9 aliphatic rings. The van der Waals surface area contributed by atoms with E-state index in [2.05, 4.69) is 152 Å². The van der Waals surface area contributed by atoms with Crippen LogP contribution >= 0.6 is 0 Å². The van der Waals surface area contributed by atoms with Crippen LogP contribution < -0.4 is 9.92 Å². The molecule has 1 aromatic carbocycles. The molecule has 0 bridgehead atoms. The van der Waals surface area contributed by atoms with Crippen LogP contribution in [0.5, 0.6) is 5.75 Å². The Balaban J connectivity index is 1.02. The van der Waals surface area contributed by atoms with E-state index in [1.54, 1.807) is 10.4 Å². The first kappa shape index (κ1) is 27.7. The summed E-state index contributed by atoms with van der Waals surface area (Å²) in [6.07, 6.45) is 50.7. The number of hydrogen-bond acceptors (Lipinski definition) is 2. The summed E-state index contributed by atoms with van der Waals surface area (Å²) >= 11 is 0. The molecule has 232 valence electrons. The molecule has 47 heavy (non-hydrogen) atoms. The standard InChI is InChI=1S/C44H41NOSi/c1-47(2)41-26-25-37-36-15-8-9-18-40(36)46-44(37)43(41)38-22-20-30(27-42(38)47)45(29-12-4-3-5-13-29)39-17-10-16-32-34-21-19-28-11-6-7-14-31(28)33(34)23-24-35(32)39/h4,6-26,28,30-32,35-36,40H,3,5,27H2,1-2H3. The summed E-state index contributed by atoms with van der Waals surface area (Å²) in [4.78, 5) is 2.71. The molecule has 7 atom stereocenters. The highest BCUT2D eigenvalue weighted by Crippen LogP contribution is 2.52. The van der Waals surface area contributed by atoms with E-state index in [1.165, 1.54) is 39.2 Å². The summed E-state index contributed by atoms with van der Waals surface area (Å²) in [6.45, 7) is 5.13. The molecule has 0 saturated carbocycles. The van der Waals surface area contributed by atoms with E-state index >= 15 is 0 Å². The van der Waals surface area contributed by atoms with Crippen molar-refractivity contribution < 1.29 is 4.74 Å². The summed E-state index contributed by atoms with van der Waals surface area (Å²) in [5.74, 6) is 3.06. The second-order valence-corrected chi connectivity index (χ2v) is 19.3. The molecule has 3 heteroatoms. The van der Waals surface area contributed by atoms with Gasteiger partial charge < -0.3 is 9.64 Å². The quantitative estimate of drug-likeness (QED) is 0.310. The summed E-state index contributed by atoms with van der Waals surface area (Å²) < 4.78 is 6.74. The average molecular weight is 628 g/mol. The monoisotopic (exact) mass is 627 g/mol. The summed E-state index contributed by atoms with van der Waals surface area (Å²) in [5, 5.41) is 3.22. The summed E-state index contributed by atoms with van der Waals surface area (Å²) in [5.41, 5.74) is 9.97. The second kappa shape index (κ2) is 10.3. The molecule has 2 heterocycles. The minimum absolute atomic E-state index is 0.116. The minimum Gasteiger partial charge on any atom is -0.484 e. The first-order valence-electron chi connectivity index (χ1n) is 17.7. The molecule has 0 aromatic heterocycles. The van der Waals surface area contributed by atoms with Crippen molar-refractivity contribution >= 4 is 18.8 Å². The van der Waals surface area contributed by atoms with Gasteiger partial charge in [0.05, 0.1) is 6.04 Å². The van der Waals surface area contributed by atoms with E-state index in [-0.39, 0.29) is 12.1 Å². The normalized spacial score (nSPS) is 33.8. The molecule has 0 spiro atoms. The van der Waals surface area contributed by atoms with Crippen LogP contribution in [0.1, 0.15) is 36.3 Å². The molecule has 0 saturated heterocycles. The fourth-order valence-corrected chi connectivity index (χ4v) is 13.1. The lowest BCUT2D eigenvalue weighted by Crippen LogP contribution is -2.45. The van der Waals surface area contributed by atoms with Crippen molar-refractivity contribution in [3.8, 4) is 5.75 Å². The third-order valence-corrected chi connectivity index (χ3v) is 15.9. The van der Waals surface area contributed by atoms with Crippen LogP contribution in [0.2, 0.25) is 13.1 Å². The van der Waals surface area contributed by atoms with Gasteiger partial charge in [0.1, 0.15) is 19.9 Å². The predicted octanol–water partition coefficient (Wildman–Crippen LogP) is 9.22. The highest BCUT2D eigenvalue weighted by Gasteiger charge is 2.47. The van der Waals surface area contributed by atoms with Crippen LogP contribution in [0.3, 0.4) is 0 Å². The van der Waals surface area contributed by atoms with Gasteiger partial charge in [0.15, 0.2) is 0 Å². The average Bonchev–Trinajstić information content (AvgIpc) is 3.61. The Morgan fingerprint density at radius 2 is 1.53 bits per heavy atom. The molecular formula is C44H41NOSi. The Kier molecular flexibility index (Phi) is 6.10. The van der Waals surface area contributed by atoms with Gasteiger partial charge in [0, 0.05) is 52.1 Å². The number of rotatable bonds is 3. The maximum Gasteiger partial charge on any atom is 0.131 e. The molecule has 0 fully saturated rings. The second-order valence-electron chi connectivity index (χ2n) is 14.9. The van der Waals surface area contributed by atoms with Crippen molar-refractivity contribution in [3.63, 3.8) is 0 Å². The number of ether oxygens (including phenoxy) is 1. The van der Waals surface area contributed by atoms with Gasteiger partial charge in [-0.1, -0.05) is 134 Å². The number of allylic oxidation sites excluding steroid dienone is 20. The SMILES string of the molecule is C[Si]1(C)C2=C(C=CC(N(C3=CCCC=C3)C3=CC=CC4C5=C(C=CC34)C3C=CC=CC3C=C5)C2)c2c1ccc1c2OC2C=CC=CC12. The van der Waals surface area contributed by atoms with Gasteiger partial charge in [0.2, 0.25) is 0 Å². The first-order chi connectivity index (χ1) is 23.1. The smallest absolute Gasteiger partial charge is 0.131 e. The highest BCUT2D eigenvalue weighted by atomic mass is 28.3. The number of fused-ring (bicyclic) bond motifs is 10. The Morgan fingerprint density at radius 1 is 0.723 bits per heavy atom. The molecule has 7 aliphatic carbocycles. The van der Waals surface area contributed by atoms with Gasteiger partial charge in [-0.2, -0.15) is 0 Å². The van der Waals surface area contributed by atoms with Gasteiger partial charge in [0.25, 0.3) is 0 Å². The highest BCUT2D eigenvalue weighted by molar-refractivity contribution is 6.98. The van der Waals surface area contributed by atoms with Gasteiger partial charge >= 0.3 is 0 Å². The Labute approximate surface area is 280 Å². The van der Waals surface area contributed by atoms with Crippen LogP contribution in [0, 0.1) is 23.7 Å². The molecule has 0 N–H and O–H groups in total. The third-order valence-electron chi connectivity index (χ3n) is 12.2. The molecular weight excluding hydrogens is 587 g/mol. The number of benzene rings is 1. The number of nitrogens with zero attached hydrogens (tertiary/aromatic N) is 1. The van der Waals surface area contributed by atoms with E-state index in [1.807, 2.05) is 0 Å². The minimum atomic E-state index is -1.90. The zero-order valence-electron chi connectivity index (χ0n) is 27.2. The first-order valence-corrected chi connectivity index (χ1v) is 20.7. The fourth-order valence-electron chi connectivity index (χ4n) is 9.85.